The van der Waals surface area contributed by atoms with Crippen LogP contribution in [-0.2, 0) is 0 Å². The second-order valence-corrected chi connectivity index (χ2v) is 3.03. The van der Waals surface area contributed by atoms with Crippen LogP contribution in [0.4, 0.5) is 17.1 Å². The molecule has 1 aromatic rings. The van der Waals surface area contributed by atoms with E-state index in [1.54, 1.807) is 6.92 Å². The fourth-order valence-corrected chi connectivity index (χ4v) is 1.29. The maximum Gasteiger partial charge on any atom is 0.338 e. The topological polar surface area (TPSA) is 113 Å². The fourth-order valence-electron chi connectivity index (χ4n) is 1.29. The van der Waals surface area contributed by atoms with E-state index >= 15 is 0 Å². The zero-order chi connectivity index (χ0) is 11.6. The molecule has 0 fully saturated rings. The Kier molecular flexibility index (Phi) is 3.01. The van der Waals surface area contributed by atoms with Crippen LogP contribution in [0.1, 0.15) is 17.3 Å². The predicted molar refractivity (Wildman–Crippen MR) is 57.0 cm³/mol. The minimum absolute atomic E-state index is 0.0687. The van der Waals surface area contributed by atoms with Gasteiger partial charge in [-0.05, 0) is 19.1 Å². The third kappa shape index (κ3) is 2.10. The van der Waals surface area contributed by atoms with Crippen LogP contribution in [0.25, 0.3) is 0 Å². The minimum atomic E-state index is -1.18. The Hall–Kier alpha value is -1.95. The first-order valence-corrected chi connectivity index (χ1v) is 4.36. The molecule has 15 heavy (non-hydrogen) atoms. The number of hydroxylamine groups is 1. The molecular weight excluding hydrogens is 198 g/mol. The van der Waals surface area contributed by atoms with Crippen LogP contribution in [-0.4, -0.2) is 22.8 Å². The summed E-state index contributed by atoms with van der Waals surface area (Å²) < 4.78 is 0. The van der Waals surface area contributed by atoms with Crippen LogP contribution >= 0.6 is 0 Å². The highest BCUT2D eigenvalue weighted by molar-refractivity contribution is 5.99. The number of nitrogens with zero attached hydrogens (tertiary/aromatic N) is 1. The number of nitrogen functional groups attached to an aromatic ring is 2. The average Bonchev–Trinajstić information content (AvgIpc) is 2.15. The first-order chi connectivity index (χ1) is 6.97. The van der Waals surface area contributed by atoms with Crippen LogP contribution in [0.2, 0.25) is 0 Å². The highest BCUT2D eigenvalue weighted by Gasteiger charge is 2.17. The third-order valence-electron chi connectivity index (χ3n) is 1.95. The molecule has 6 heteroatoms. The Morgan fingerprint density at radius 3 is 2.53 bits per heavy atom. The quantitative estimate of drug-likeness (QED) is 0.433. The molecule has 0 aliphatic carbocycles. The van der Waals surface area contributed by atoms with Crippen LogP contribution in [0.5, 0.6) is 0 Å². The number of anilines is 3. The molecule has 0 spiro atoms. The Morgan fingerprint density at radius 1 is 1.47 bits per heavy atom. The molecule has 0 unspecified atom stereocenters. The van der Waals surface area contributed by atoms with E-state index in [1.165, 1.54) is 12.1 Å². The lowest BCUT2D eigenvalue weighted by atomic mass is 10.1. The highest BCUT2D eigenvalue weighted by Crippen LogP contribution is 2.29. The summed E-state index contributed by atoms with van der Waals surface area (Å²) in [7, 11) is 0. The largest absolute Gasteiger partial charge is 0.478 e. The van der Waals surface area contributed by atoms with Crippen LogP contribution in [0.15, 0.2) is 12.1 Å². The van der Waals surface area contributed by atoms with Crippen molar-refractivity contribution < 1.29 is 15.1 Å². The van der Waals surface area contributed by atoms with Crippen molar-refractivity contribution in [2.24, 2.45) is 0 Å². The van der Waals surface area contributed by atoms with Gasteiger partial charge in [-0.1, -0.05) is 0 Å². The number of nitrogens with two attached hydrogens (primary N) is 2. The van der Waals surface area contributed by atoms with Gasteiger partial charge in [-0.25, -0.2) is 4.79 Å². The monoisotopic (exact) mass is 211 g/mol. The molecule has 0 aliphatic heterocycles. The third-order valence-corrected chi connectivity index (χ3v) is 1.95. The zero-order valence-corrected chi connectivity index (χ0v) is 8.27. The van der Waals surface area contributed by atoms with Gasteiger partial charge in [0, 0.05) is 12.2 Å². The van der Waals surface area contributed by atoms with Gasteiger partial charge in [0.15, 0.2) is 0 Å². The molecule has 6 nitrogen and oxygen atoms in total. The molecule has 0 aromatic heterocycles. The van der Waals surface area contributed by atoms with Gasteiger partial charge >= 0.3 is 5.97 Å². The summed E-state index contributed by atoms with van der Waals surface area (Å²) in [6.45, 7) is 1.90. The molecule has 0 amide bonds. The second kappa shape index (κ2) is 4.05. The lowest BCUT2D eigenvalue weighted by Gasteiger charge is -2.19. The average molecular weight is 211 g/mol. The van der Waals surface area contributed by atoms with Crippen molar-refractivity contribution in [2.45, 2.75) is 6.92 Å². The number of hydrogen-bond donors (Lipinski definition) is 4. The smallest absolute Gasteiger partial charge is 0.338 e. The molecule has 82 valence electrons. The van der Waals surface area contributed by atoms with Gasteiger partial charge < -0.3 is 16.6 Å². The Bertz CT molecular complexity index is 392. The Morgan fingerprint density at radius 2 is 2.07 bits per heavy atom. The first-order valence-electron chi connectivity index (χ1n) is 4.36. The summed E-state index contributed by atoms with van der Waals surface area (Å²) >= 11 is 0. The molecule has 1 aromatic carbocycles. The van der Waals surface area contributed by atoms with Gasteiger partial charge in [0.25, 0.3) is 0 Å². The van der Waals surface area contributed by atoms with Crippen molar-refractivity contribution in [3.8, 4) is 0 Å². The van der Waals surface area contributed by atoms with Crippen molar-refractivity contribution in [2.75, 3.05) is 23.1 Å². The molecule has 0 saturated carbocycles. The van der Waals surface area contributed by atoms with Gasteiger partial charge in [-0.3, -0.25) is 10.3 Å². The number of benzene rings is 1. The number of carbonyl (C=O) groups is 1. The minimum Gasteiger partial charge on any atom is -0.478 e. The molecule has 0 aliphatic rings. The van der Waals surface area contributed by atoms with Crippen molar-refractivity contribution >= 4 is 23.0 Å². The molecule has 6 N–H and O–H groups in total. The standard InChI is InChI=1S/C9H13N3O3/c1-2-12(15)8-6(9(13)14)3-5(10)4-7(8)11/h3-4,15H,2,10-11H2,1H3,(H,13,14). The van der Waals surface area contributed by atoms with Gasteiger partial charge in [0.2, 0.25) is 0 Å². The molecule has 0 saturated heterocycles. The summed E-state index contributed by atoms with van der Waals surface area (Å²) in [6.07, 6.45) is 0. The molecule has 1 rings (SSSR count). The maximum absolute atomic E-state index is 10.9. The Balaban J connectivity index is 3.39. The summed E-state index contributed by atoms with van der Waals surface area (Å²) in [5.41, 5.74) is 11.4. The first kappa shape index (κ1) is 11.1. The highest BCUT2D eigenvalue weighted by atomic mass is 16.5. The van der Waals surface area contributed by atoms with E-state index in [1.807, 2.05) is 0 Å². The number of rotatable bonds is 3. The summed E-state index contributed by atoms with van der Waals surface area (Å²) in [5, 5.41) is 19.2. The lowest BCUT2D eigenvalue weighted by Crippen LogP contribution is -2.21. The van der Waals surface area contributed by atoms with Crippen LogP contribution in [0, 0.1) is 0 Å². The van der Waals surface area contributed by atoms with Gasteiger partial charge in [0.1, 0.15) is 5.69 Å². The van der Waals surface area contributed by atoms with Crippen molar-refractivity contribution in [1.29, 1.82) is 0 Å². The van der Waals surface area contributed by atoms with Crippen molar-refractivity contribution in [1.82, 2.24) is 0 Å². The zero-order valence-electron chi connectivity index (χ0n) is 8.27. The number of aromatic carboxylic acids is 1. The summed E-state index contributed by atoms with van der Waals surface area (Å²) in [6, 6.07) is 2.66. The summed E-state index contributed by atoms with van der Waals surface area (Å²) in [4.78, 5) is 10.9. The number of hydrogen-bond acceptors (Lipinski definition) is 5. The van der Waals surface area contributed by atoms with Crippen molar-refractivity contribution in [3.63, 3.8) is 0 Å². The Labute approximate surface area is 86.7 Å². The number of carboxylic acid groups (broad SMARTS) is 1. The second-order valence-electron chi connectivity index (χ2n) is 3.03. The lowest BCUT2D eigenvalue weighted by molar-refractivity contribution is 0.0695. The molecule has 0 atom stereocenters. The van der Waals surface area contributed by atoms with Crippen LogP contribution in [0.3, 0.4) is 0 Å². The number of carboxylic acids is 1. The van der Waals surface area contributed by atoms with Gasteiger partial charge in [-0.15, -0.1) is 0 Å². The van der Waals surface area contributed by atoms with E-state index in [4.69, 9.17) is 16.6 Å². The predicted octanol–water partition coefficient (Wildman–Crippen LogP) is 0.765. The SMILES string of the molecule is CCN(O)c1c(N)cc(N)cc1C(=O)O. The van der Waals surface area contributed by atoms with E-state index in [0.29, 0.717) is 0 Å². The molecular formula is C9H13N3O3. The van der Waals surface area contributed by atoms with E-state index in [2.05, 4.69) is 0 Å². The molecule has 0 bridgehead atoms. The fraction of sp³-hybridized carbons (Fsp3) is 0.222. The van der Waals surface area contributed by atoms with E-state index in [0.717, 1.165) is 5.06 Å². The van der Waals surface area contributed by atoms with E-state index in [-0.39, 0.29) is 29.2 Å². The van der Waals surface area contributed by atoms with E-state index in [9.17, 15) is 10.0 Å². The normalized spacial score (nSPS) is 10.0. The van der Waals surface area contributed by atoms with Crippen molar-refractivity contribution in [3.05, 3.63) is 17.7 Å². The summed E-state index contributed by atoms with van der Waals surface area (Å²) in [5.74, 6) is -1.18. The van der Waals surface area contributed by atoms with Gasteiger partial charge in [-0.2, -0.15) is 0 Å². The van der Waals surface area contributed by atoms with Crippen LogP contribution < -0.4 is 16.5 Å². The maximum atomic E-state index is 10.9. The van der Waals surface area contributed by atoms with E-state index < -0.39 is 5.97 Å². The molecule has 0 radical (unpaired) electrons. The van der Waals surface area contributed by atoms with Gasteiger partial charge in [0.05, 0.1) is 11.3 Å². The molecule has 0 heterocycles.